The molecule has 3 unspecified atom stereocenters. The Morgan fingerprint density at radius 3 is 2.43 bits per heavy atom. The molecular formula is C38H42F2N6O5SSi. The number of hydrogen-bond acceptors (Lipinski definition) is 9. The van der Waals surface area contributed by atoms with Crippen LogP contribution in [-0.4, -0.2) is 93.6 Å². The Labute approximate surface area is 310 Å². The van der Waals surface area contributed by atoms with Gasteiger partial charge in [0.1, 0.15) is 36.6 Å². The van der Waals surface area contributed by atoms with E-state index in [1.165, 1.54) is 19.4 Å². The number of amides is 1. The van der Waals surface area contributed by atoms with Gasteiger partial charge in [-0.05, 0) is 57.2 Å². The summed E-state index contributed by atoms with van der Waals surface area (Å²) in [5.74, 6) is 2.56. The number of imidazole rings is 1. The lowest BCUT2D eigenvalue weighted by molar-refractivity contribution is 0.0122. The van der Waals surface area contributed by atoms with Crippen molar-refractivity contribution in [2.75, 3.05) is 38.1 Å². The largest absolute Gasteiger partial charge is 0.468 e. The number of halogens is 2. The van der Waals surface area contributed by atoms with E-state index in [4.69, 9.17) is 19.2 Å². The van der Waals surface area contributed by atoms with Gasteiger partial charge in [-0.1, -0.05) is 31.6 Å². The topological polar surface area (TPSA) is 111 Å². The molecule has 7 rings (SSSR count). The summed E-state index contributed by atoms with van der Waals surface area (Å²) >= 11 is 0. The van der Waals surface area contributed by atoms with Gasteiger partial charge in [0.25, 0.3) is 0 Å². The maximum Gasteiger partial charge on any atom is 0.410 e. The van der Waals surface area contributed by atoms with Gasteiger partial charge in [0.2, 0.25) is 5.16 Å². The van der Waals surface area contributed by atoms with Crippen molar-refractivity contribution in [1.82, 2.24) is 24.3 Å². The molecule has 15 heteroatoms. The molecule has 5 heterocycles. The first kappa shape index (κ1) is 36.7. The minimum Gasteiger partial charge on any atom is -0.468 e. The van der Waals surface area contributed by atoms with Crippen LogP contribution in [0, 0.1) is 23.1 Å². The van der Waals surface area contributed by atoms with Crippen molar-refractivity contribution in [1.29, 1.82) is 0 Å². The van der Waals surface area contributed by atoms with Crippen molar-refractivity contribution in [2.24, 2.45) is 0 Å². The zero-order valence-corrected chi connectivity index (χ0v) is 32.9. The lowest BCUT2D eigenvalue weighted by Gasteiger charge is -2.42. The van der Waals surface area contributed by atoms with Crippen LogP contribution in [0.5, 0.6) is 5.75 Å². The Morgan fingerprint density at radius 2 is 1.79 bits per heavy atom. The number of pyridine rings is 1. The number of anilines is 1. The van der Waals surface area contributed by atoms with Gasteiger partial charge in [0, 0.05) is 49.8 Å². The number of methoxy groups -OCH3 is 1. The molecule has 1 amide bonds. The van der Waals surface area contributed by atoms with Crippen molar-refractivity contribution in [3.63, 3.8) is 0 Å². The zero-order valence-electron chi connectivity index (χ0n) is 31.0. The lowest BCUT2D eigenvalue weighted by atomic mass is 9.95. The summed E-state index contributed by atoms with van der Waals surface area (Å²) in [6.45, 7) is 12.4. The first-order valence-electron chi connectivity index (χ1n) is 17.4. The Morgan fingerprint density at radius 1 is 1.08 bits per heavy atom. The van der Waals surface area contributed by atoms with Crippen LogP contribution in [0.2, 0.25) is 19.6 Å². The van der Waals surface area contributed by atoms with Crippen LogP contribution < -0.4 is 9.64 Å². The first-order chi connectivity index (χ1) is 25.0. The van der Waals surface area contributed by atoms with E-state index >= 15 is 8.78 Å². The standard InChI is InChI=1S/C38H42F2N6O5SSi/c1-38(2,3)51-37(47)46-23-10-11-24(46)20-44(19-23)35-30-32(42-36(43-35)52(5)48)31(40)33(45-15-14-41-34(30)45)27-18-25(50-21-49-4)17-22-9-12-28(39)26(29(22)27)13-16-53(6,7)8/h9,12,14-15,17-18,23-24H,10-11,19-21H2,1-8H3. The molecule has 0 aliphatic carbocycles. The minimum absolute atomic E-state index is 0.0480. The number of rotatable bonds is 6. The van der Waals surface area contributed by atoms with Gasteiger partial charge < -0.3 is 19.1 Å². The second-order valence-corrected chi connectivity index (χ2v) is 21.5. The monoisotopic (exact) mass is 760 g/mol. The lowest BCUT2D eigenvalue weighted by Crippen LogP contribution is -2.57. The average molecular weight is 761 g/mol. The third-order valence-corrected chi connectivity index (χ3v) is 10.8. The number of carbonyl (C=O) groups is 1. The van der Waals surface area contributed by atoms with Gasteiger partial charge in [0.15, 0.2) is 18.3 Å². The third kappa shape index (κ3) is 6.95. The van der Waals surface area contributed by atoms with Crippen molar-refractivity contribution < 1.29 is 32.0 Å². The number of ether oxygens (including phenoxy) is 3. The number of fused-ring (bicyclic) bond motifs is 6. The summed E-state index contributed by atoms with van der Waals surface area (Å²) in [5, 5.41) is 1.26. The maximum absolute atomic E-state index is 17.6. The van der Waals surface area contributed by atoms with Crippen molar-refractivity contribution in [3.8, 4) is 28.5 Å². The molecule has 0 spiro atoms. The highest BCUT2D eigenvalue weighted by Gasteiger charge is 2.45. The summed E-state index contributed by atoms with van der Waals surface area (Å²) in [6.07, 6.45) is 5.79. The zero-order chi connectivity index (χ0) is 38.0. The molecule has 278 valence electrons. The SMILES string of the molecule is COCOc1cc(-c2c(F)c3nc(S(C)=O)nc(N4CC5CCC(C4)N5C(=O)OC(C)(C)C)c3c3nccn23)c2c(C#C[Si](C)(C)C)c(F)ccc2c1. The van der Waals surface area contributed by atoms with Crippen LogP contribution in [0.4, 0.5) is 19.4 Å². The second kappa shape index (κ2) is 13.6. The van der Waals surface area contributed by atoms with Gasteiger partial charge in [0.05, 0.1) is 39.5 Å². The van der Waals surface area contributed by atoms with Crippen LogP contribution in [0.15, 0.2) is 41.8 Å². The summed E-state index contributed by atoms with van der Waals surface area (Å²) in [5.41, 5.74) is 3.38. The smallest absolute Gasteiger partial charge is 0.410 e. The normalized spacial score (nSPS) is 18.1. The molecule has 2 aromatic carbocycles. The van der Waals surface area contributed by atoms with Crippen LogP contribution in [0.25, 0.3) is 38.6 Å². The van der Waals surface area contributed by atoms with E-state index in [2.05, 4.69) is 41.1 Å². The van der Waals surface area contributed by atoms with Crippen LogP contribution in [-0.2, 0) is 20.3 Å². The molecule has 2 fully saturated rings. The fourth-order valence-corrected chi connectivity index (χ4v) is 8.09. The molecule has 3 aromatic heterocycles. The summed E-state index contributed by atoms with van der Waals surface area (Å²) in [6, 6.07) is 6.00. The van der Waals surface area contributed by atoms with E-state index in [-0.39, 0.29) is 46.9 Å². The van der Waals surface area contributed by atoms with E-state index in [0.29, 0.717) is 52.0 Å². The summed E-state index contributed by atoms with van der Waals surface area (Å²) in [4.78, 5) is 31.0. The highest BCUT2D eigenvalue weighted by Crippen LogP contribution is 2.42. The van der Waals surface area contributed by atoms with Gasteiger partial charge >= 0.3 is 6.09 Å². The fraction of sp³-hybridized carbons (Fsp3) is 0.421. The van der Waals surface area contributed by atoms with Gasteiger partial charge in [-0.2, -0.15) is 0 Å². The average Bonchev–Trinajstić information content (AvgIpc) is 3.67. The van der Waals surface area contributed by atoms with Gasteiger partial charge in [-0.15, -0.1) is 5.54 Å². The van der Waals surface area contributed by atoms with E-state index in [9.17, 15) is 9.00 Å². The molecule has 0 saturated carbocycles. The van der Waals surface area contributed by atoms with Crippen molar-refractivity contribution in [3.05, 3.63) is 53.9 Å². The van der Waals surface area contributed by atoms with Crippen LogP contribution in [0.1, 0.15) is 39.2 Å². The first-order valence-corrected chi connectivity index (χ1v) is 22.5. The molecule has 0 radical (unpaired) electrons. The molecule has 2 aliphatic rings. The predicted molar refractivity (Wildman–Crippen MR) is 203 cm³/mol. The Hall–Kier alpha value is -4.65. The quantitative estimate of drug-likeness (QED) is 0.0789. The number of nitrogens with zero attached hydrogens (tertiary/aromatic N) is 6. The molecule has 2 saturated heterocycles. The molecular weight excluding hydrogens is 719 g/mol. The van der Waals surface area contributed by atoms with Crippen molar-refractivity contribution >= 4 is 58.1 Å². The molecule has 2 bridgehead atoms. The number of hydrogen-bond donors (Lipinski definition) is 0. The molecule has 3 atom stereocenters. The van der Waals surface area contributed by atoms with E-state index in [1.54, 1.807) is 39.9 Å². The maximum atomic E-state index is 17.6. The number of aromatic nitrogens is 4. The van der Waals surface area contributed by atoms with Crippen LogP contribution >= 0.6 is 0 Å². The van der Waals surface area contributed by atoms with Gasteiger partial charge in [-0.3, -0.25) is 13.5 Å². The van der Waals surface area contributed by atoms with Crippen molar-refractivity contribution in [2.45, 2.75) is 76.1 Å². The predicted octanol–water partition coefficient (Wildman–Crippen LogP) is 6.91. The Bertz CT molecular complexity index is 2370. The highest BCUT2D eigenvalue weighted by molar-refractivity contribution is 7.84. The molecule has 53 heavy (non-hydrogen) atoms. The van der Waals surface area contributed by atoms with E-state index < -0.39 is 36.1 Å². The Balaban J connectivity index is 1.48. The number of benzene rings is 2. The highest BCUT2D eigenvalue weighted by atomic mass is 32.2. The van der Waals surface area contributed by atoms with E-state index in [1.807, 2.05) is 25.7 Å². The number of carbonyl (C=O) groups excluding carboxylic acids is 1. The van der Waals surface area contributed by atoms with Crippen LogP contribution in [0.3, 0.4) is 0 Å². The minimum atomic E-state index is -1.96. The third-order valence-electron chi connectivity index (χ3n) is 9.24. The molecule has 11 nitrogen and oxygen atoms in total. The summed E-state index contributed by atoms with van der Waals surface area (Å²) < 4.78 is 64.8. The van der Waals surface area contributed by atoms with E-state index in [0.717, 1.165) is 12.8 Å². The fourth-order valence-electron chi connectivity index (χ4n) is 7.16. The number of piperazine rings is 1. The second-order valence-electron chi connectivity index (χ2n) is 15.5. The molecule has 5 aromatic rings. The summed E-state index contributed by atoms with van der Waals surface area (Å²) in [7, 11) is -2.15. The molecule has 2 aliphatic heterocycles. The molecule has 0 N–H and O–H groups in total. The Kier molecular flexibility index (Phi) is 9.44. The van der Waals surface area contributed by atoms with Gasteiger partial charge in [-0.25, -0.2) is 28.5 Å².